The molecule has 0 atom stereocenters. The first-order chi connectivity index (χ1) is 9.65. The van der Waals surface area contributed by atoms with Gasteiger partial charge in [-0.15, -0.1) is 0 Å². The normalized spacial score (nSPS) is 14.1. The number of rotatable bonds is 2. The molecule has 2 aromatic carbocycles. The minimum absolute atomic E-state index is 0.0401. The number of carbonyl (C=O) groups excluding carboxylic acids is 1. The van der Waals surface area contributed by atoms with Crippen LogP contribution in [0, 0.1) is 5.82 Å². The van der Waals surface area contributed by atoms with Gasteiger partial charge in [0, 0.05) is 6.04 Å². The molecule has 0 radical (unpaired) electrons. The molecule has 2 aromatic rings. The summed E-state index contributed by atoms with van der Waals surface area (Å²) >= 11 is 3.10. The van der Waals surface area contributed by atoms with Crippen molar-refractivity contribution >= 4 is 21.8 Å². The second kappa shape index (κ2) is 5.37. The van der Waals surface area contributed by atoms with Gasteiger partial charge in [0.15, 0.2) is 0 Å². The molecule has 0 saturated carbocycles. The fourth-order valence-electron chi connectivity index (χ4n) is 2.60. The molecule has 102 valence electrons. The van der Waals surface area contributed by atoms with Crippen molar-refractivity contribution in [2.75, 3.05) is 0 Å². The molecule has 0 aromatic heterocycles. The Labute approximate surface area is 125 Å². The topological polar surface area (TPSA) is 29.1 Å². The van der Waals surface area contributed by atoms with E-state index in [-0.39, 0.29) is 17.5 Å². The second-order valence-corrected chi connectivity index (χ2v) is 5.80. The highest BCUT2D eigenvalue weighted by atomic mass is 79.9. The van der Waals surface area contributed by atoms with Crippen molar-refractivity contribution in [3.05, 3.63) is 69.4 Å². The maximum atomic E-state index is 13.9. The highest BCUT2D eigenvalue weighted by Crippen LogP contribution is 2.23. The molecule has 0 saturated heterocycles. The highest BCUT2D eigenvalue weighted by molar-refractivity contribution is 9.10. The van der Waals surface area contributed by atoms with Gasteiger partial charge >= 0.3 is 0 Å². The Morgan fingerprint density at radius 1 is 1.10 bits per heavy atom. The molecule has 0 unspecified atom stereocenters. The van der Waals surface area contributed by atoms with E-state index in [1.807, 2.05) is 12.1 Å². The zero-order valence-electron chi connectivity index (χ0n) is 10.7. The lowest BCUT2D eigenvalue weighted by Crippen LogP contribution is -2.35. The average Bonchev–Trinajstić information content (AvgIpc) is 2.83. The summed E-state index contributed by atoms with van der Waals surface area (Å²) in [6.07, 6.45) is 1.61. The number of hydrogen-bond acceptors (Lipinski definition) is 1. The Morgan fingerprint density at radius 3 is 2.40 bits per heavy atom. The molecule has 1 amide bonds. The minimum atomic E-state index is -0.513. The van der Waals surface area contributed by atoms with Crippen molar-refractivity contribution in [2.24, 2.45) is 0 Å². The van der Waals surface area contributed by atoms with E-state index in [1.54, 1.807) is 12.1 Å². The van der Waals surface area contributed by atoms with Gasteiger partial charge in [0.25, 0.3) is 5.91 Å². The number of hydrogen-bond donors (Lipinski definition) is 1. The second-order valence-electron chi connectivity index (χ2n) is 4.95. The largest absolute Gasteiger partial charge is 0.349 e. The molecule has 0 heterocycles. The summed E-state index contributed by atoms with van der Waals surface area (Å²) in [5, 5.41) is 2.91. The molecule has 20 heavy (non-hydrogen) atoms. The van der Waals surface area contributed by atoms with Crippen molar-refractivity contribution in [2.45, 2.75) is 18.9 Å². The summed E-state index contributed by atoms with van der Waals surface area (Å²) < 4.78 is 14.2. The number of amides is 1. The van der Waals surface area contributed by atoms with Crippen molar-refractivity contribution in [1.29, 1.82) is 0 Å². The number of nitrogens with one attached hydrogen (secondary N) is 1. The quantitative estimate of drug-likeness (QED) is 0.895. The van der Waals surface area contributed by atoms with E-state index >= 15 is 0 Å². The maximum absolute atomic E-state index is 13.9. The lowest BCUT2D eigenvalue weighted by Gasteiger charge is -2.12. The Bertz CT molecular complexity index is 646. The maximum Gasteiger partial charge on any atom is 0.254 e. The molecular formula is C16H13BrFNO. The fourth-order valence-corrected chi connectivity index (χ4v) is 2.97. The SMILES string of the molecule is O=C(NC1Cc2ccccc2C1)c1cccc(Br)c1F. The van der Waals surface area contributed by atoms with E-state index < -0.39 is 5.82 Å². The lowest BCUT2D eigenvalue weighted by atomic mass is 10.1. The van der Waals surface area contributed by atoms with Crippen LogP contribution in [0.2, 0.25) is 0 Å². The third-order valence-electron chi connectivity index (χ3n) is 3.58. The van der Waals surface area contributed by atoms with Crippen molar-refractivity contribution in [1.82, 2.24) is 5.32 Å². The van der Waals surface area contributed by atoms with Crippen LogP contribution in [-0.4, -0.2) is 11.9 Å². The van der Waals surface area contributed by atoms with Crippen LogP contribution in [0.15, 0.2) is 46.9 Å². The number of carbonyl (C=O) groups is 1. The Balaban J connectivity index is 1.74. The number of halogens is 2. The summed E-state index contributed by atoms with van der Waals surface area (Å²) in [4.78, 5) is 12.2. The standard InChI is InChI=1S/C16H13BrFNO/c17-14-7-3-6-13(15(14)18)16(20)19-12-8-10-4-1-2-5-11(10)9-12/h1-7,12H,8-9H2,(H,19,20). The van der Waals surface area contributed by atoms with Gasteiger partial charge < -0.3 is 5.32 Å². The van der Waals surface area contributed by atoms with E-state index in [2.05, 4.69) is 33.4 Å². The van der Waals surface area contributed by atoms with E-state index in [4.69, 9.17) is 0 Å². The molecule has 0 spiro atoms. The number of fused-ring (bicyclic) bond motifs is 1. The van der Waals surface area contributed by atoms with E-state index in [9.17, 15) is 9.18 Å². The molecule has 3 rings (SSSR count). The first-order valence-electron chi connectivity index (χ1n) is 6.47. The molecule has 0 fully saturated rings. The van der Waals surface area contributed by atoms with Gasteiger partial charge in [-0.05, 0) is 52.0 Å². The first-order valence-corrected chi connectivity index (χ1v) is 7.26. The summed E-state index contributed by atoms with van der Waals surface area (Å²) in [5.41, 5.74) is 2.59. The predicted molar refractivity (Wildman–Crippen MR) is 79.2 cm³/mol. The van der Waals surface area contributed by atoms with Crippen LogP contribution in [0.3, 0.4) is 0 Å². The summed E-state index contributed by atoms with van der Waals surface area (Å²) in [7, 11) is 0. The van der Waals surface area contributed by atoms with Crippen molar-refractivity contribution < 1.29 is 9.18 Å². The first kappa shape index (κ1) is 13.3. The monoisotopic (exact) mass is 333 g/mol. The molecule has 1 aliphatic carbocycles. The summed E-state index contributed by atoms with van der Waals surface area (Å²) in [6, 6.07) is 12.9. The van der Waals surface area contributed by atoms with Gasteiger partial charge in [-0.1, -0.05) is 30.3 Å². The zero-order chi connectivity index (χ0) is 14.1. The van der Waals surface area contributed by atoms with Crippen LogP contribution in [0.25, 0.3) is 0 Å². The van der Waals surface area contributed by atoms with E-state index in [0.717, 1.165) is 12.8 Å². The highest BCUT2D eigenvalue weighted by Gasteiger charge is 2.24. The fraction of sp³-hybridized carbons (Fsp3) is 0.188. The summed E-state index contributed by atoms with van der Waals surface area (Å²) in [5.74, 6) is -0.873. The molecule has 2 nitrogen and oxygen atoms in total. The molecule has 1 aliphatic rings. The predicted octanol–water partition coefficient (Wildman–Crippen LogP) is 3.49. The minimum Gasteiger partial charge on any atom is -0.349 e. The molecule has 0 aliphatic heterocycles. The Morgan fingerprint density at radius 2 is 1.75 bits per heavy atom. The molecule has 0 bridgehead atoms. The van der Waals surface area contributed by atoms with E-state index in [0.29, 0.717) is 4.47 Å². The third-order valence-corrected chi connectivity index (χ3v) is 4.19. The molecule has 4 heteroatoms. The van der Waals surface area contributed by atoms with Gasteiger partial charge in [0.2, 0.25) is 0 Å². The van der Waals surface area contributed by atoms with Crippen LogP contribution in [0.1, 0.15) is 21.5 Å². The molecule has 1 N–H and O–H groups in total. The number of benzene rings is 2. The Kier molecular flexibility index (Phi) is 3.57. The van der Waals surface area contributed by atoms with E-state index in [1.165, 1.54) is 17.2 Å². The lowest BCUT2D eigenvalue weighted by molar-refractivity contribution is 0.0934. The zero-order valence-corrected chi connectivity index (χ0v) is 12.3. The average molecular weight is 334 g/mol. The third kappa shape index (κ3) is 2.48. The van der Waals surface area contributed by atoms with Crippen LogP contribution in [-0.2, 0) is 12.8 Å². The van der Waals surface area contributed by atoms with Crippen LogP contribution in [0.5, 0.6) is 0 Å². The van der Waals surface area contributed by atoms with Gasteiger partial charge in [0.05, 0.1) is 10.0 Å². The van der Waals surface area contributed by atoms with Gasteiger partial charge in [0.1, 0.15) is 5.82 Å². The van der Waals surface area contributed by atoms with Crippen molar-refractivity contribution in [3.63, 3.8) is 0 Å². The van der Waals surface area contributed by atoms with Crippen LogP contribution >= 0.6 is 15.9 Å². The van der Waals surface area contributed by atoms with Crippen molar-refractivity contribution in [3.8, 4) is 0 Å². The Hall–Kier alpha value is -1.68. The van der Waals surface area contributed by atoms with Gasteiger partial charge in [-0.25, -0.2) is 4.39 Å². The smallest absolute Gasteiger partial charge is 0.254 e. The summed E-state index contributed by atoms with van der Waals surface area (Å²) in [6.45, 7) is 0. The van der Waals surface area contributed by atoms with Crippen LogP contribution in [0.4, 0.5) is 4.39 Å². The molecular weight excluding hydrogens is 321 g/mol. The van der Waals surface area contributed by atoms with Gasteiger partial charge in [-0.2, -0.15) is 0 Å². The van der Waals surface area contributed by atoms with Crippen LogP contribution < -0.4 is 5.32 Å². The van der Waals surface area contributed by atoms with Gasteiger partial charge in [-0.3, -0.25) is 4.79 Å².